The van der Waals surface area contributed by atoms with E-state index in [4.69, 9.17) is 5.11 Å². The molecule has 0 amide bonds. The quantitative estimate of drug-likeness (QED) is 0.873. The maximum atomic E-state index is 12.0. The molecular formula is C11H10N2O4S2. The second kappa shape index (κ2) is 5.37. The van der Waals surface area contributed by atoms with Crippen molar-refractivity contribution in [2.24, 2.45) is 0 Å². The lowest BCUT2D eigenvalue weighted by molar-refractivity contribution is -0.136. The van der Waals surface area contributed by atoms with Gasteiger partial charge in [-0.05, 0) is 17.7 Å². The SMILES string of the molecule is O=C(O)Cc1ccc(S(=O)(=O)Nc2nccs2)cc1. The third kappa shape index (κ3) is 3.52. The number of aliphatic carboxylic acids is 1. The second-order valence-corrected chi connectivity index (χ2v) is 6.23. The van der Waals surface area contributed by atoms with Gasteiger partial charge >= 0.3 is 5.97 Å². The van der Waals surface area contributed by atoms with E-state index in [9.17, 15) is 13.2 Å². The number of anilines is 1. The van der Waals surface area contributed by atoms with Crippen molar-refractivity contribution >= 4 is 32.5 Å². The number of sulfonamides is 1. The summed E-state index contributed by atoms with van der Waals surface area (Å²) in [5.41, 5.74) is 0.542. The third-order valence-electron chi connectivity index (χ3n) is 2.24. The van der Waals surface area contributed by atoms with E-state index in [1.165, 1.54) is 41.8 Å². The summed E-state index contributed by atoms with van der Waals surface area (Å²) in [6, 6.07) is 5.69. The number of benzene rings is 1. The molecule has 2 N–H and O–H groups in total. The third-order valence-corrected chi connectivity index (χ3v) is 4.42. The summed E-state index contributed by atoms with van der Waals surface area (Å²) in [7, 11) is -3.68. The van der Waals surface area contributed by atoms with Gasteiger partial charge in [0.15, 0.2) is 5.13 Å². The number of rotatable bonds is 5. The molecule has 0 atom stereocenters. The standard InChI is InChI=1S/C11H10N2O4S2/c14-10(15)7-8-1-3-9(4-2-8)19(16,17)13-11-12-5-6-18-11/h1-6H,7H2,(H,12,13)(H,14,15). The van der Waals surface area contributed by atoms with E-state index in [1.54, 1.807) is 5.38 Å². The molecule has 0 saturated carbocycles. The van der Waals surface area contributed by atoms with Crippen molar-refractivity contribution in [3.63, 3.8) is 0 Å². The first-order valence-corrected chi connectivity index (χ1v) is 7.57. The number of hydrogen-bond acceptors (Lipinski definition) is 5. The molecule has 100 valence electrons. The number of carboxylic acids is 1. The van der Waals surface area contributed by atoms with Gasteiger partial charge in [-0.1, -0.05) is 12.1 Å². The van der Waals surface area contributed by atoms with Gasteiger partial charge in [-0.2, -0.15) is 0 Å². The van der Waals surface area contributed by atoms with Gasteiger partial charge in [0.05, 0.1) is 11.3 Å². The van der Waals surface area contributed by atoms with Crippen LogP contribution >= 0.6 is 11.3 Å². The van der Waals surface area contributed by atoms with Crippen molar-refractivity contribution in [1.29, 1.82) is 0 Å². The Bertz CT molecular complexity index is 663. The molecule has 1 aromatic heterocycles. The Balaban J connectivity index is 2.19. The highest BCUT2D eigenvalue weighted by atomic mass is 32.2. The van der Waals surface area contributed by atoms with Crippen molar-refractivity contribution in [2.75, 3.05) is 4.72 Å². The average Bonchev–Trinajstić information content (AvgIpc) is 2.81. The van der Waals surface area contributed by atoms with Crippen LogP contribution < -0.4 is 4.72 Å². The summed E-state index contributed by atoms with van der Waals surface area (Å²) in [5.74, 6) is -0.962. The van der Waals surface area contributed by atoms with Crippen LogP contribution in [0.3, 0.4) is 0 Å². The molecule has 2 aromatic rings. The maximum absolute atomic E-state index is 12.0. The van der Waals surface area contributed by atoms with E-state index in [0.717, 1.165) is 0 Å². The van der Waals surface area contributed by atoms with E-state index in [2.05, 4.69) is 9.71 Å². The van der Waals surface area contributed by atoms with Crippen LogP contribution in [0, 0.1) is 0 Å². The van der Waals surface area contributed by atoms with Crippen LogP contribution in [0.25, 0.3) is 0 Å². The predicted octanol–water partition coefficient (Wildman–Crippen LogP) is 1.57. The summed E-state index contributed by atoms with van der Waals surface area (Å²) >= 11 is 1.18. The number of nitrogens with zero attached hydrogens (tertiary/aromatic N) is 1. The Morgan fingerprint density at radius 1 is 1.32 bits per heavy atom. The second-order valence-electron chi connectivity index (χ2n) is 3.66. The van der Waals surface area contributed by atoms with Gasteiger partial charge in [-0.3, -0.25) is 9.52 Å². The van der Waals surface area contributed by atoms with E-state index >= 15 is 0 Å². The Labute approximate surface area is 113 Å². The fraction of sp³-hybridized carbons (Fsp3) is 0.0909. The minimum atomic E-state index is -3.68. The van der Waals surface area contributed by atoms with Crippen LogP contribution in [0.4, 0.5) is 5.13 Å². The van der Waals surface area contributed by atoms with Crippen LogP contribution in [0.15, 0.2) is 40.7 Å². The smallest absolute Gasteiger partial charge is 0.307 e. The molecule has 1 heterocycles. The molecule has 8 heteroatoms. The van der Waals surface area contributed by atoms with Crippen molar-refractivity contribution < 1.29 is 18.3 Å². The average molecular weight is 298 g/mol. The lowest BCUT2D eigenvalue weighted by atomic mass is 10.2. The summed E-state index contributed by atoms with van der Waals surface area (Å²) in [6.07, 6.45) is 1.36. The summed E-state index contributed by atoms with van der Waals surface area (Å²) in [5, 5.41) is 10.6. The van der Waals surface area contributed by atoms with Crippen LogP contribution in [-0.4, -0.2) is 24.5 Å². The monoisotopic (exact) mass is 298 g/mol. The van der Waals surface area contributed by atoms with Gasteiger partial charge in [-0.25, -0.2) is 13.4 Å². The normalized spacial score (nSPS) is 11.2. The zero-order chi connectivity index (χ0) is 13.9. The number of hydrogen-bond donors (Lipinski definition) is 2. The van der Waals surface area contributed by atoms with Crippen LogP contribution in [0.2, 0.25) is 0 Å². The molecule has 0 radical (unpaired) electrons. The Morgan fingerprint density at radius 3 is 2.53 bits per heavy atom. The van der Waals surface area contributed by atoms with E-state index < -0.39 is 16.0 Å². The van der Waals surface area contributed by atoms with Gasteiger partial charge in [0.25, 0.3) is 10.0 Å². The van der Waals surface area contributed by atoms with Crippen LogP contribution in [0.5, 0.6) is 0 Å². The fourth-order valence-electron chi connectivity index (χ4n) is 1.41. The molecular weight excluding hydrogens is 288 g/mol. The van der Waals surface area contributed by atoms with Gasteiger partial charge in [0.2, 0.25) is 0 Å². The molecule has 0 fully saturated rings. The van der Waals surface area contributed by atoms with Crippen LogP contribution in [0.1, 0.15) is 5.56 Å². The van der Waals surface area contributed by atoms with Crippen molar-refractivity contribution in [1.82, 2.24) is 4.98 Å². The first kappa shape index (κ1) is 13.5. The van der Waals surface area contributed by atoms with Gasteiger partial charge in [-0.15, -0.1) is 11.3 Å². The minimum absolute atomic E-state index is 0.0665. The summed E-state index contributed by atoms with van der Waals surface area (Å²) < 4.78 is 26.3. The molecule has 0 saturated heterocycles. The molecule has 0 aliphatic rings. The topological polar surface area (TPSA) is 96.4 Å². The molecule has 1 aromatic carbocycles. The highest BCUT2D eigenvalue weighted by Gasteiger charge is 2.15. The van der Waals surface area contributed by atoms with Crippen molar-refractivity contribution in [2.45, 2.75) is 11.3 Å². The molecule has 0 spiro atoms. The Morgan fingerprint density at radius 2 is 2.00 bits per heavy atom. The predicted molar refractivity (Wildman–Crippen MR) is 70.7 cm³/mol. The molecule has 6 nitrogen and oxygen atoms in total. The van der Waals surface area contributed by atoms with Crippen molar-refractivity contribution in [3.05, 3.63) is 41.4 Å². The van der Waals surface area contributed by atoms with Gasteiger partial charge in [0, 0.05) is 11.6 Å². The minimum Gasteiger partial charge on any atom is -0.481 e. The van der Waals surface area contributed by atoms with Gasteiger partial charge in [0.1, 0.15) is 0 Å². The molecule has 0 aliphatic heterocycles. The molecule has 0 bridgehead atoms. The molecule has 2 rings (SSSR count). The lowest BCUT2D eigenvalue weighted by Gasteiger charge is -2.05. The largest absolute Gasteiger partial charge is 0.481 e. The zero-order valence-corrected chi connectivity index (χ0v) is 11.2. The number of carboxylic acid groups (broad SMARTS) is 1. The highest BCUT2D eigenvalue weighted by molar-refractivity contribution is 7.93. The maximum Gasteiger partial charge on any atom is 0.307 e. The van der Waals surface area contributed by atoms with E-state index in [1.807, 2.05) is 0 Å². The van der Waals surface area contributed by atoms with E-state index in [-0.39, 0.29) is 16.4 Å². The molecule has 19 heavy (non-hydrogen) atoms. The highest BCUT2D eigenvalue weighted by Crippen LogP contribution is 2.18. The number of thiazole rings is 1. The van der Waals surface area contributed by atoms with Crippen molar-refractivity contribution in [3.8, 4) is 0 Å². The van der Waals surface area contributed by atoms with E-state index in [0.29, 0.717) is 5.56 Å². The number of aromatic nitrogens is 1. The first-order chi connectivity index (χ1) is 8.97. The summed E-state index contributed by atoms with van der Waals surface area (Å²) in [4.78, 5) is 14.4. The summed E-state index contributed by atoms with van der Waals surface area (Å²) in [6.45, 7) is 0. The fourth-order valence-corrected chi connectivity index (χ4v) is 3.20. The number of carbonyl (C=O) groups is 1. The molecule has 0 unspecified atom stereocenters. The lowest BCUT2D eigenvalue weighted by Crippen LogP contribution is -2.12. The van der Waals surface area contributed by atoms with Crippen LogP contribution in [-0.2, 0) is 21.2 Å². The molecule has 0 aliphatic carbocycles. The number of nitrogens with one attached hydrogen (secondary N) is 1. The Hall–Kier alpha value is -1.93. The van der Waals surface area contributed by atoms with Gasteiger partial charge < -0.3 is 5.11 Å². The zero-order valence-electron chi connectivity index (χ0n) is 9.61. The Kier molecular flexibility index (Phi) is 3.82. The first-order valence-electron chi connectivity index (χ1n) is 5.20.